The lowest BCUT2D eigenvalue weighted by Crippen LogP contribution is -2.69. The highest BCUT2D eigenvalue weighted by atomic mass is 15.1. The molecule has 1 atom stereocenters. The molecule has 1 unspecified atom stereocenters. The molecule has 0 saturated carbocycles. The van der Waals surface area contributed by atoms with Crippen LogP contribution in [0.1, 0.15) is 63.6 Å². The minimum Gasteiger partial charge on any atom is -0.192 e. The molecule has 1 aromatic heterocycles. The van der Waals surface area contributed by atoms with Crippen molar-refractivity contribution in [1.82, 2.24) is 0 Å². The van der Waals surface area contributed by atoms with Crippen LogP contribution in [-0.4, -0.2) is 0 Å². The highest BCUT2D eigenvalue weighted by Crippen LogP contribution is 2.51. The number of aromatic nitrogens is 1. The molecule has 2 heterocycles. The van der Waals surface area contributed by atoms with Gasteiger partial charge in [-0.05, 0) is 44.9 Å². The summed E-state index contributed by atoms with van der Waals surface area (Å²) in [7, 11) is 0. The van der Waals surface area contributed by atoms with Gasteiger partial charge in [-0.25, -0.2) is 0 Å². The molecule has 3 rings (SSSR count). The fourth-order valence-corrected chi connectivity index (χ4v) is 5.16. The third kappa shape index (κ3) is 1.95. The number of hydrogen-bond acceptors (Lipinski definition) is 0. The second-order valence-corrected chi connectivity index (χ2v) is 7.39. The lowest BCUT2D eigenvalue weighted by atomic mass is 9.58. The summed E-state index contributed by atoms with van der Waals surface area (Å²) < 4.78 is 2.63. The summed E-state index contributed by atoms with van der Waals surface area (Å²) in [5, 5.41) is 0. The van der Waals surface area contributed by atoms with Gasteiger partial charge in [0.1, 0.15) is 0 Å². The summed E-state index contributed by atoms with van der Waals surface area (Å²) in [6.45, 7) is 14.0. The molecular formula is C22H30N+. The fraction of sp³-hybridized carbons (Fsp3) is 0.500. The van der Waals surface area contributed by atoms with E-state index in [4.69, 9.17) is 0 Å². The van der Waals surface area contributed by atoms with Gasteiger partial charge < -0.3 is 0 Å². The van der Waals surface area contributed by atoms with Crippen molar-refractivity contribution in [2.24, 2.45) is 0 Å². The van der Waals surface area contributed by atoms with Gasteiger partial charge in [0.05, 0.1) is 11.0 Å². The molecule has 2 aromatic rings. The zero-order valence-electron chi connectivity index (χ0n) is 15.5. The van der Waals surface area contributed by atoms with Gasteiger partial charge in [0.25, 0.3) is 0 Å². The average molecular weight is 308 g/mol. The summed E-state index contributed by atoms with van der Waals surface area (Å²) in [4.78, 5) is 0. The molecule has 0 fully saturated rings. The molecule has 1 aromatic carbocycles. The topological polar surface area (TPSA) is 3.88 Å². The summed E-state index contributed by atoms with van der Waals surface area (Å²) in [6, 6.07) is 11.4. The average Bonchev–Trinajstić information content (AvgIpc) is 2.55. The molecule has 1 nitrogen and oxygen atoms in total. The van der Waals surface area contributed by atoms with Crippen LogP contribution in [0.25, 0.3) is 11.3 Å². The molecule has 0 amide bonds. The Bertz CT molecular complexity index is 740. The summed E-state index contributed by atoms with van der Waals surface area (Å²) in [6.07, 6.45) is 5.86. The van der Waals surface area contributed by atoms with Crippen LogP contribution in [0.15, 0.2) is 36.5 Å². The predicted octanol–water partition coefficient (Wildman–Crippen LogP) is 5.45. The van der Waals surface area contributed by atoms with Crippen LogP contribution < -0.4 is 4.57 Å². The SMILES string of the molecule is CCC1(C)c2ccccc2-c2c(C)cc(C)c[n+]2C1(CC)CC. The molecular weight excluding hydrogens is 278 g/mol. The van der Waals surface area contributed by atoms with Crippen LogP contribution >= 0.6 is 0 Å². The van der Waals surface area contributed by atoms with Gasteiger partial charge in [-0.3, -0.25) is 0 Å². The molecule has 0 spiro atoms. The Labute approximate surface area is 141 Å². The van der Waals surface area contributed by atoms with E-state index < -0.39 is 0 Å². The molecule has 0 radical (unpaired) electrons. The first-order valence-electron chi connectivity index (χ1n) is 9.08. The summed E-state index contributed by atoms with van der Waals surface area (Å²) in [5.41, 5.74) is 7.41. The van der Waals surface area contributed by atoms with Crippen LogP contribution in [0, 0.1) is 13.8 Å². The van der Waals surface area contributed by atoms with Crippen molar-refractivity contribution in [3.63, 3.8) is 0 Å². The lowest BCUT2D eigenvalue weighted by molar-refractivity contribution is -0.770. The van der Waals surface area contributed by atoms with Crippen LogP contribution in [0.2, 0.25) is 0 Å². The van der Waals surface area contributed by atoms with Crippen molar-refractivity contribution in [3.8, 4) is 11.3 Å². The highest BCUT2D eigenvalue weighted by molar-refractivity contribution is 5.68. The first-order valence-corrected chi connectivity index (χ1v) is 9.08. The molecule has 0 bridgehead atoms. The van der Waals surface area contributed by atoms with Crippen molar-refractivity contribution < 1.29 is 4.57 Å². The van der Waals surface area contributed by atoms with Crippen LogP contribution in [0.5, 0.6) is 0 Å². The van der Waals surface area contributed by atoms with E-state index >= 15 is 0 Å². The van der Waals surface area contributed by atoms with E-state index in [0.29, 0.717) is 0 Å². The third-order valence-electron chi connectivity index (χ3n) is 6.53. The van der Waals surface area contributed by atoms with Gasteiger partial charge >= 0.3 is 0 Å². The van der Waals surface area contributed by atoms with Gasteiger partial charge in [0, 0.05) is 24.0 Å². The van der Waals surface area contributed by atoms with Gasteiger partial charge in [-0.2, -0.15) is 4.57 Å². The van der Waals surface area contributed by atoms with E-state index in [2.05, 4.69) is 82.6 Å². The number of nitrogens with zero attached hydrogens (tertiary/aromatic N) is 1. The van der Waals surface area contributed by atoms with E-state index in [-0.39, 0.29) is 11.0 Å². The third-order valence-corrected chi connectivity index (χ3v) is 6.53. The molecule has 0 aliphatic carbocycles. The normalized spacial score (nSPS) is 21.7. The molecule has 1 aliphatic heterocycles. The zero-order chi connectivity index (χ0) is 16.8. The summed E-state index contributed by atoms with van der Waals surface area (Å²) >= 11 is 0. The molecule has 1 aliphatic rings. The second-order valence-electron chi connectivity index (χ2n) is 7.39. The van der Waals surface area contributed by atoms with Gasteiger partial charge in [0.2, 0.25) is 5.69 Å². The van der Waals surface area contributed by atoms with E-state index in [1.807, 2.05) is 0 Å². The van der Waals surface area contributed by atoms with E-state index in [1.54, 1.807) is 0 Å². The number of fused-ring (bicyclic) bond motifs is 3. The first-order chi connectivity index (χ1) is 10.9. The number of rotatable bonds is 3. The standard InChI is InChI=1S/C22H30N/c1-7-21(6)19-13-11-10-12-18(19)20-17(5)14-16(4)15-23(20)22(21,8-2)9-3/h10-15H,7-9H2,1-6H3/q+1. The largest absolute Gasteiger partial charge is 0.216 e. The Morgan fingerprint density at radius 1 is 0.957 bits per heavy atom. The first kappa shape index (κ1) is 16.2. The number of benzene rings is 1. The maximum Gasteiger partial charge on any atom is 0.216 e. The fourth-order valence-electron chi connectivity index (χ4n) is 5.16. The van der Waals surface area contributed by atoms with Crippen LogP contribution in [0.3, 0.4) is 0 Å². The van der Waals surface area contributed by atoms with E-state index in [9.17, 15) is 0 Å². The van der Waals surface area contributed by atoms with Crippen molar-refractivity contribution in [2.45, 2.75) is 71.8 Å². The maximum atomic E-state index is 2.63. The predicted molar refractivity (Wildman–Crippen MR) is 97.7 cm³/mol. The Balaban J connectivity index is 2.50. The van der Waals surface area contributed by atoms with E-state index in [1.165, 1.54) is 27.9 Å². The minimum absolute atomic E-state index is 0.141. The van der Waals surface area contributed by atoms with Gasteiger partial charge in [-0.15, -0.1) is 0 Å². The molecule has 23 heavy (non-hydrogen) atoms. The van der Waals surface area contributed by atoms with Crippen LogP contribution in [0.4, 0.5) is 0 Å². The van der Waals surface area contributed by atoms with Crippen molar-refractivity contribution in [3.05, 3.63) is 53.2 Å². The highest BCUT2D eigenvalue weighted by Gasteiger charge is 2.58. The number of aryl methyl sites for hydroxylation is 2. The van der Waals surface area contributed by atoms with Crippen molar-refractivity contribution in [1.29, 1.82) is 0 Å². The Hall–Kier alpha value is -1.63. The molecule has 1 heteroatoms. The number of pyridine rings is 1. The molecule has 122 valence electrons. The zero-order valence-corrected chi connectivity index (χ0v) is 15.5. The second kappa shape index (κ2) is 5.47. The van der Waals surface area contributed by atoms with Gasteiger partial charge in [0.15, 0.2) is 11.7 Å². The van der Waals surface area contributed by atoms with Crippen molar-refractivity contribution >= 4 is 0 Å². The van der Waals surface area contributed by atoms with E-state index in [0.717, 1.165) is 19.3 Å². The molecule has 0 N–H and O–H groups in total. The molecule has 0 saturated heterocycles. The van der Waals surface area contributed by atoms with Gasteiger partial charge in [-0.1, -0.05) is 39.0 Å². The monoisotopic (exact) mass is 308 g/mol. The smallest absolute Gasteiger partial charge is 0.192 e. The Morgan fingerprint density at radius 3 is 2.22 bits per heavy atom. The quantitative estimate of drug-likeness (QED) is 0.663. The number of hydrogen-bond donors (Lipinski definition) is 0. The van der Waals surface area contributed by atoms with Crippen molar-refractivity contribution in [2.75, 3.05) is 0 Å². The minimum atomic E-state index is 0.141. The maximum absolute atomic E-state index is 2.63. The Kier molecular flexibility index (Phi) is 3.86. The van der Waals surface area contributed by atoms with Crippen LogP contribution in [-0.2, 0) is 11.0 Å². The lowest BCUT2D eigenvalue weighted by Gasteiger charge is -2.48. The summed E-state index contributed by atoms with van der Waals surface area (Å²) in [5.74, 6) is 0. The Morgan fingerprint density at radius 2 is 1.61 bits per heavy atom.